The minimum absolute atomic E-state index is 0.112. The Morgan fingerprint density at radius 2 is 1.90 bits per heavy atom. The molecule has 0 aromatic carbocycles. The lowest BCUT2D eigenvalue weighted by Gasteiger charge is -2.19. The summed E-state index contributed by atoms with van der Waals surface area (Å²) in [5.74, 6) is 0. The third kappa shape index (κ3) is 4.93. The molecule has 21 heavy (non-hydrogen) atoms. The van der Waals surface area contributed by atoms with Gasteiger partial charge in [-0.15, -0.1) is 11.3 Å². The molecule has 0 spiro atoms. The third-order valence-corrected chi connectivity index (χ3v) is 3.96. The van der Waals surface area contributed by atoms with Crippen LogP contribution in [-0.2, 0) is 18.5 Å². The zero-order valence-electron chi connectivity index (χ0n) is 13.9. The van der Waals surface area contributed by atoms with Gasteiger partial charge in [0.2, 0.25) is 0 Å². The Kier molecular flexibility index (Phi) is 4.54. The fourth-order valence-corrected chi connectivity index (χ4v) is 2.83. The van der Waals surface area contributed by atoms with E-state index in [1.807, 2.05) is 10.9 Å². The van der Waals surface area contributed by atoms with Crippen molar-refractivity contribution in [3.8, 4) is 0 Å². The lowest BCUT2D eigenvalue weighted by molar-refractivity contribution is 0.424. The lowest BCUT2D eigenvalue weighted by atomic mass is 9.93. The highest BCUT2D eigenvalue weighted by molar-refractivity contribution is 7.09. The number of nitrogens with zero attached hydrogens (tertiary/aromatic N) is 3. The average Bonchev–Trinajstić information content (AvgIpc) is 2.94. The van der Waals surface area contributed by atoms with E-state index in [0.717, 1.165) is 23.8 Å². The molecule has 0 aliphatic carbocycles. The van der Waals surface area contributed by atoms with E-state index in [9.17, 15) is 0 Å². The van der Waals surface area contributed by atoms with Crippen molar-refractivity contribution in [1.82, 2.24) is 20.1 Å². The van der Waals surface area contributed by atoms with Crippen molar-refractivity contribution in [2.24, 2.45) is 0 Å². The Balaban J connectivity index is 1.98. The molecular formula is C16H26N4S. The molecule has 4 nitrogen and oxygen atoms in total. The van der Waals surface area contributed by atoms with E-state index >= 15 is 0 Å². The average molecular weight is 306 g/mol. The maximum Gasteiger partial charge on any atom is 0.114 e. The van der Waals surface area contributed by atoms with Gasteiger partial charge in [0.15, 0.2) is 0 Å². The number of hydrogen-bond acceptors (Lipinski definition) is 4. The van der Waals surface area contributed by atoms with Crippen LogP contribution in [0.4, 0.5) is 0 Å². The van der Waals surface area contributed by atoms with Gasteiger partial charge in [0.05, 0.1) is 18.4 Å². The van der Waals surface area contributed by atoms with Gasteiger partial charge in [-0.05, 0) is 20.8 Å². The highest BCUT2D eigenvalue weighted by Crippen LogP contribution is 2.24. The van der Waals surface area contributed by atoms with Gasteiger partial charge in [0.25, 0.3) is 0 Å². The van der Waals surface area contributed by atoms with E-state index in [2.05, 4.69) is 63.5 Å². The van der Waals surface area contributed by atoms with Crippen molar-refractivity contribution >= 4 is 11.3 Å². The second-order valence-electron chi connectivity index (χ2n) is 7.53. The molecule has 2 aromatic heterocycles. The minimum Gasteiger partial charge on any atom is -0.308 e. The lowest BCUT2D eigenvalue weighted by Crippen LogP contribution is -2.34. The molecular weight excluding hydrogens is 280 g/mol. The zero-order valence-corrected chi connectivity index (χ0v) is 14.7. The number of thiazole rings is 1. The maximum atomic E-state index is 4.71. The van der Waals surface area contributed by atoms with E-state index in [4.69, 9.17) is 4.98 Å². The second kappa shape index (κ2) is 5.89. The highest BCUT2D eigenvalue weighted by atomic mass is 32.1. The van der Waals surface area contributed by atoms with Crippen LogP contribution in [0.5, 0.6) is 0 Å². The first-order chi connectivity index (χ1) is 9.63. The van der Waals surface area contributed by atoms with Crippen molar-refractivity contribution in [1.29, 1.82) is 0 Å². The molecule has 0 amide bonds. The van der Waals surface area contributed by atoms with Gasteiger partial charge in [-0.2, -0.15) is 5.10 Å². The van der Waals surface area contributed by atoms with Gasteiger partial charge in [-0.1, -0.05) is 20.8 Å². The fourth-order valence-electron chi connectivity index (χ4n) is 1.82. The molecule has 0 aliphatic heterocycles. The summed E-state index contributed by atoms with van der Waals surface area (Å²) in [4.78, 5) is 4.71. The van der Waals surface area contributed by atoms with E-state index < -0.39 is 0 Å². The number of nitrogens with one attached hydrogen (secondary N) is 1. The first-order valence-corrected chi connectivity index (χ1v) is 8.23. The Labute approximate surface area is 131 Å². The molecule has 2 aromatic rings. The molecule has 0 saturated heterocycles. The van der Waals surface area contributed by atoms with Crippen LogP contribution < -0.4 is 5.32 Å². The van der Waals surface area contributed by atoms with Crippen LogP contribution in [0.15, 0.2) is 17.8 Å². The molecule has 0 bridgehead atoms. The molecule has 2 rings (SSSR count). The summed E-state index contributed by atoms with van der Waals surface area (Å²) in [5.41, 5.74) is 2.60. The molecule has 0 radical (unpaired) electrons. The molecule has 0 aliphatic rings. The fraction of sp³-hybridized carbons (Fsp3) is 0.625. The van der Waals surface area contributed by atoms with E-state index in [1.165, 1.54) is 5.56 Å². The van der Waals surface area contributed by atoms with Gasteiger partial charge < -0.3 is 5.32 Å². The summed E-state index contributed by atoms with van der Waals surface area (Å²) in [6.45, 7) is 14.7. The summed E-state index contributed by atoms with van der Waals surface area (Å²) in [6, 6.07) is 0. The summed E-state index contributed by atoms with van der Waals surface area (Å²) >= 11 is 1.71. The molecule has 0 saturated carbocycles. The van der Waals surface area contributed by atoms with Crippen molar-refractivity contribution in [2.45, 2.75) is 65.6 Å². The molecule has 5 heteroatoms. The molecule has 116 valence electrons. The standard InChI is InChI=1S/C16H26N4S/c1-15(2,3)13-11-21-14(19-13)10-20-9-12(8-18-20)7-17-16(4,5)6/h8-9,11,17H,7,10H2,1-6H3. The van der Waals surface area contributed by atoms with Crippen LogP contribution in [0, 0.1) is 0 Å². The van der Waals surface area contributed by atoms with Crippen molar-refractivity contribution < 1.29 is 0 Å². The third-order valence-electron chi connectivity index (χ3n) is 3.13. The van der Waals surface area contributed by atoms with Crippen molar-refractivity contribution in [3.05, 3.63) is 34.0 Å². The highest BCUT2D eigenvalue weighted by Gasteiger charge is 2.17. The normalized spacial score (nSPS) is 12.9. The molecule has 1 N–H and O–H groups in total. The Hall–Kier alpha value is -1.20. The van der Waals surface area contributed by atoms with Crippen LogP contribution >= 0.6 is 11.3 Å². The van der Waals surface area contributed by atoms with E-state index in [-0.39, 0.29) is 11.0 Å². The Morgan fingerprint density at radius 3 is 2.48 bits per heavy atom. The number of hydrogen-bond donors (Lipinski definition) is 1. The maximum absolute atomic E-state index is 4.71. The predicted octanol–water partition coefficient (Wildman–Crippen LogP) is 3.57. The smallest absolute Gasteiger partial charge is 0.114 e. The monoisotopic (exact) mass is 306 g/mol. The molecule has 0 atom stereocenters. The summed E-state index contributed by atoms with van der Waals surface area (Å²) in [6.07, 6.45) is 4.02. The number of rotatable bonds is 4. The molecule has 2 heterocycles. The van der Waals surface area contributed by atoms with Gasteiger partial charge in [0, 0.05) is 34.6 Å². The number of aromatic nitrogens is 3. The molecule has 0 fully saturated rings. The van der Waals surface area contributed by atoms with Gasteiger partial charge >= 0.3 is 0 Å². The SMILES string of the molecule is CC(C)(C)NCc1cnn(Cc2nc(C(C)(C)C)cs2)c1. The summed E-state index contributed by atoms with van der Waals surface area (Å²) in [7, 11) is 0. The van der Waals surface area contributed by atoms with Gasteiger partial charge in [0.1, 0.15) is 5.01 Å². The molecule has 0 unspecified atom stereocenters. The second-order valence-corrected chi connectivity index (χ2v) is 8.47. The predicted molar refractivity (Wildman–Crippen MR) is 88.7 cm³/mol. The summed E-state index contributed by atoms with van der Waals surface area (Å²) in [5, 5.41) is 11.2. The van der Waals surface area contributed by atoms with Crippen LogP contribution in [0.2, 0.25) is 0 Å². The minimum atomic E-state index is 0.112. The van der Waals surface area contributed by atoms with Crippen LogP contribution in [0.3, 0.4) is 0 Å². The van der Waals surface area contributed by atoms with Gasteiger partial charge in [-0.25, -0.2) is 4.98 Å². The largest absolute Gasteiger partial charge is 0.308 e. The van der Waals surface area contributed by atoms with Crippen molar-refractivity contribution in [3.63, 3.8) is 0 Å². The Morgan fingerprint density at radius 1 is 1.19 bits per heavy atom. The van der Waals surface area contributed by atoms with Gasteiger partial charge in [-0.3, -0.25) is 4.68 Å². The Bertz CT molecular complexity index is 584. The van der Waals surface area contributed by atoms with Crippen LogP contribution in [0.1, 0.15) is 57.8 Å². The van der Waals surface area contributed by atoms with Crippen molar-refractivity contribution in [2.75, 3.05) is 0 Å². The summed E-state index contributed by atoms with van der Waals surface area (Å²) < 4.78 is 1.96. The quantitative estimate of drug-likeness (QED) is 0.939. The van der Waals surface area contributed by atoms with E-state index in [1.54, 1.807) is 11.3 Å². The zero-order chi connectivity index (χ0) is 15.7. The topological polar surface area (TPSA) is 42.7 Å². The van der Waals surface area contributed by atoms with Crippen LogP contribution in [0.25, 0.3) is 0 Å². The van der Waals surface area contributed by atoms with E-state index in [0.29, 0.717) is 0 Å². The van der Waals surface area contributed by atoms with Crippen LogP contribution in [-0.4, -0.2) is 20.3 Å². The first-order valence-electron chi connectivity index (χ1n) is 7.35. The first kappa shape index (κ1) is 16.2.